The Morgan fingerprint density at radius 1 is 0.588 bits per heavy atom. The molecule has 2 aliphatic rings. The quantitative estimate of drug-likeness (QED) is 0.0689. The summed E-state index contributed by atoms with van der Waals surface area (Å²) in [7, 11) is 1.45. The van der Waals surface area contributed by atoms with Crippen LogP contribution in [0.4, 0.5) is 14.4 Å². The number of carbonyl (C=O) groups is 6. The molecule has 3 amide bonds. The van der Waals surface area contributed by atoms with E-state index in [1.54, 1.807) is 11.8 Å². The number of hydrogen-bond acceptors (Lipinski definition) is 13. The second kappa shape index (κ2) is 28.3. The molecule has 0 bridgehead atoms. The lowest BCUT2D eigenvalue weighted by atomic mass is 10.2. The van der Waals surface area contributed by atoms with Crippen molar-refractivity contribution in [2.24, 2.45) is 0 Å². The van der Waals surface area contributed by atoms with Gasteiger partial charge in [0.05, 0.1) is 0 Å². The van der Waals surface area contributed by atoms with Gasteiger partial charge in [-0.3, -0.25) is 14.7 Å². The fourth-order valence-corrected chi connectivity index (χ4v) is 8.65. The first-order valence-electron chi connectivity index (χ1n) is 21.7. The Kier molecular flexibility index (Phi) is 21.6. The SMILES string of the molecule is CC[C@H]1C(=O)OCN1C(=O)OCc1ccccc1.CN(C(=O)OCc1ccccc1)[C@@H](CSCc1ccccc1)C(=O)O.O=C1OCN(C(=O)OCc2ccccc2)[C@H]1CSCc1ccccc1. The molecule has 3 atom stereocenters. The number of thioether (sulfide) groups is 2. The van der Waals surface area contributed by atoms with E-state index in [2.05, 4.69) is 0 Å². The van der Waals surface area contributed by atoms with Crippen LogP contribution >= 0.6 is 23.5 Å². The maximum absolute atomic E-state index is 12.3. The number of likely N-dealkylation sites (N-methyl/N-ethyl adjacent to an activating group) is 1. The summed E-state index contributed by atoms with van der Waals surface area (Å²) in [4.78, 5) is 74.7. The third kappa shape index (κ3) is 17.0. The number of amides is 3. The molecule has 358 valence electrons. The molecule has 2 fully saturated rings. The molecular formula is C51H55N3O12S2. The molecule has 2 heterocycles. The Labute approximate surface area is 404 Å². The van der Waals surface area contributed by atoms with Crippen LogP contribution in [-0.2, 0) is 69.4 Å². The van der Waals surface area contributed by atoms with Crippen molar-refractivity contribution in [1.29, 1.82) is 0 Å². The van der Waals surface area contributed by atoms with Crippen molar-refractivity contribution < 1.29 is 57.6 Å². The van der Waals surface area contributed by atoms with Gasteiger partial charge in [0.2, 0.25) is 0 Å². The number of cyclic esters (lactones) is 2. The zero-order valence-electron chi connectivity index (χ0n) is 37.8. The van der Waals surface area contributed by atoms with Gasteiger partial charge in [-0.2, -0.15) is 23.5 Å². The van der Waals surface area contributed by atoms with Crippen LogP contribution in [0.15, 0.2) is 152 Å². The molecule has 0 saturated carbocycles. The van der Waals surface area contributed by atoms with E-state index in [4.69, 9.17) is 23.7 Å². The fraction of sp³-hybridized carbons (Fsp3) is 0.294. The summed E-state index contributed by atoms with van der Waals surface area (Å²) in [5, 5.41) is 9.41. The summed E-state index contributed by atoms with van der Waals surface area (Å²) in [5.74, 6) is 0.454. The molecule has 2 saturated heterocycles. The number of nitrogens with zero attached hydrogens (tertiary/aromatic N) is 3. The average Bonchev–Trinajstić information content (AvgIpc) is 3.95. The molecule has 5 aromatic carbocycles. The van der Waals surface area contributed by atoms with Crippen molar-refractivity contribution >= 4 is 59.7 Å². The second-order valence-electron chi connectivity index (χ2n) is 15.2. The molecule has 17 heteroatoms. The van der Waals surface area contributed by atoms with Crippen molar-refractivity contribution in [1.82, 2.24) is 14.7 Å². The fourth-order valence-electron chi connectivity index (χ4n) is 6.42. The molecule has 2 aliphatic heterocycles. The summed E-state index contributed by atoms with van der Waals surface area (Å²) in [6.45, 7) is 2.24. The van der Waals surface area contributed by atoms with Crippen molar-refractivity contribution in [3.8, 4) is 0 Å². The maximum Gasteiger partial charge on any atom is 0.413 e. The minimum absolute atomic E-state index is 0.0229. The Hall–Kier alpha value is -6.98. The molecule has 0 aromatic heterocycles. The van der Waals surface area contributed by atoms with Gasteiger partial charge < -0.3 is 28.8 Å². The zero-order valence-corrected chi connectivity index (χ0v) is 39.5. The molecule has 5 aromatic rings. The first-order valence-corrected chi connectivity index (χ1v) is 24.0. The number of benzene rings is 5. The lowest BCUT2D eigenvalue weighted by molar-refractivity contribution is -0.141. The third-order valence-electron chi connectivity index (χ3n) is 10.3. The number of hydrogen-bond donors (Lipinski definition) is 1. The minimum Gasteiger partial charge on any atom is -0.480 e. The predicted octanol–water partition coefficient (Wildman–Crippen LogP) is 9.00. The highest BCUT2D eigenvalue weighted by atomic mass is 32.2. The molecule has 0 unspecified atom stereocenters. The van der Waals surface area contributed by atoms with Crippen LogP contribution in [0, 0.1) is 0 Å². The van der Waals surface area contributed by atoms with Gasteiger partial charge in [-0.05, 0) is 34.2 Å². The molecule has 0 spiro atoms. The van der Waals surface area contributed by atoms with Crippen molar-refractivity contribution in [3.05, 3.63) is 179 Å². The highest BCUT2D eigenvalue weighted by Gasteiger charge is 2.39. The topological polar surface area (TPSA) is 179 Å². The normalized spacial score (nSPS) is 15.3. The molecule has 1 N–H and O–H groups in total. The highest BCUT2D eigenvalue weighted by Crippen LogP contribution is 2.22. The minimum atomic E-state index is -1.04. The number of carboxylic acids is 1. The van der Waals surface area contributed by atoms with Gasteiger partial charge in [0.1, 0.15) is 37.9 Å². The summed E-state index contributed by atoms with van der Waals surface area (Å²) in [5.41, 5.74) is 4.96. The summed E-state index contributed by atoms with van der Waals surface area (Å²) >= 11 is 3.07. The van der Waals surface area contributed by atoms with Crippen molar-refractivity contribution in [2.75, 3.05) is 32.0 Å². The van der Waals surface area contributed by atoms with E-state index < -0.39 is 42.4 Å². The van der Waals surface area contributed by atoms with Crippen LogP contribution in [0.2, 0.25) is 0 Å². The van der Waals surface area contributed by atoms with Crippen molar-refractivity contribution in [2.45, 2.75) is 62.8 Å². The Morgan fingerprint density at radius 3 is 1.37 bits per heavy atom. The van der Waals surface area contributed by atoms with E-state index in [0.29, 0.717) is 23.7 Å². The Morgan fingerprint density at radius 2 is 0.956 bits per heavy atom. The molecular weight excluding hydrogens is 911 g/mol. The first kappa shape index (κ1) is 52.0. The van der Waals surface area contributed by atoms with Gasteiger partial charge in [0.15, 0.2) is 13.5 Å². The standard InChI is InChI=1S/C19H19NO4S.C19H21NO4S.C13H15NO4/c21-18-17(13-25-12-16-9-5-2-6-10-16)20(14-24-18)19(22)23-11-15-7-3-1-4-8-15;1-20(19(23)24-12-15-8-4-2-5-9-15)17(18(21)22)14-25-13-16-10-6-3-7-11-16;1-2-11-12(15)18-9-14(11)13(16)17-8-10-6-4-3-5-7-10/h1-10,17H,11-14H2;2-11,17H,12-14H2,1H3,(H,21,22);3-7,11H,2,8-9H2,1H3/t2*17-;11-/m000/s1. The van der Waals surface area contributed by atoms with Gasteiger partial charge in [-0.15, -0.1) is 0 Å². The molecule has 15 nitrogen and oxygen atoms in total. The van der Waals surface area contributed by atoms with Gasteiger partial charge in [0, 0.05) is 30.1 Å². The van der Waals surface area contributed by atoms with E-state index in [1.165, 1.54) is 34.2 Å². The lowest BCUT2D eigenvalue weighted by Crippen LogP contribution is -2.44. The zero-order chi connectivity index (χ0) is 48.5. The lowest BCUT2D eigenvalue weighted by Gasteiger charge is -2.24. The summed E-state index contributed by atoms with van der Waals surface area (Å²) in [6.07, 6.45) is -1.16. The van der Waals surface area contributed by atoms with Crippen LogP contribution in [0.1, 0.15) is 41.2 Å². The number of carboxylic acid groups (broad SMARTS) is 1. The van der Waals surface area contributed by atoms with Crippen LogP contribution in [0.25, 0.3) is 0 Å². The van der Waals surface area contributed by atoms with E-state index in [9.17, 15) is 33.9 Å². The van der Waals surface area contributed by atoms with E-state index in [1.807, 2.05) is 159 Å². The van der Waals surface area contributed by atoms with Crippen molar-refractivity contribution in [3.63, 3.8) is 0 Å². The second-order valence-corrected chi connectivity index (χ2v) is 17.2. The van der Waals surface area contributed by atoms with Crippen LogP contribution in [0.5, 0.6) is 0 Å². The monoisotopic (exact) mass is 965 g/mol. The average molecular weight is 966 g/mol. The number of ether oxygens (including phenoxy) is 5. The molecule has 0 aliphatic carbocycles. The van der Waals surface area contributed by atoms with Crippen LogP contribution in [-0.4, -0.2) is 106 Å². The summed E-state index contributed by atoms with van der Waals surface area (Å²) in [6, 6.07) is 45.8. The number of esters is 2. The first-order chi connectivity index (χ1) is 33.0. The third-order valence-corrected chi connectivity index (χ3v) is 12.5. The molecule has 7 rings (SSSR count). The van der Waals surface area contributed by atoms with E-state index in [-0.39, 0.29) is 45.2 Å². The Bertz CT molecular complexity index is 2290. The van der Waals surface area contributed by atoms with Gasteiger partial charge in [-0.25, -0.2) is 28.8 Å². The largest absolute Gasteiger partial charge is 0.480 e. The predicted molar refractivity (Wildman–Crippen MR) is 258 cm³/mol. The van der Waals surface area contributed by atoms with Crippen LogP contribution in [0.3, 0.4) is 0 Å². The highest BCUT2D eigenvalue weighted by molar-refractivity contribution is 7.98. The van der Waals surface area contributed by atoms with E-state index in [0.717, 1.165) is 32.9 Å². The Balaban J connectivity index is 0.000000194. The number of aliphatic carboxylic acids is 1. The van der Waals surface area contributed by atoms with Gasteiger partial charge in [-0.1, -0.05) is 159 Å². The molecule has 68 heavy (non-hydrogen) atoms. The number of carbonyl (C=O) groups excluding carboxylic acids is 5. The smallest absolute Gasteiger partial charge is 0.413 e. The van der Waals surface area contributed by atoms with Crippen LogP contribution < -0.4 is 0 Å². The molecule has 0 radical (unpaired) electrons. The van der Waals surface area contributed by atoms with Gasteiger partial charge in [0.25, 0.3) is 0 Å². The number of rotatable bonds is 17. The maximum atomic E-state index is 12.3. The summed E-state index contributed by atoms with van der Waals surface area (Å²) < 4.78 is 25.5. The van der Waals surface area contributed by atoms with Gasteiger partial charge >= 0.3 is 36.2 Å². The van der Waals surface area contributed by atoms with E-state index >= 15 is 0 Å².